The Hall–Kier alpha value is -0.920. The molecule has 3 nitrogen and oxygen atoms in total. The summed E-state index contributed by atoms with van der Waals surface area (Å²) in [5.74, 6) is 0. The van der Waals surface area contributed by atoms with Gasteiger partial charge >= 0.3 is 0 Å². The minimum Gasteiger partial charge on any atom is -0.247 e. The van der Waals surface area contributed by atoms with E-state index in [1.165, 1.54) is 0 Å². The maximum absolute atomic E-state index is 16.3. The Balaban J connectivity index is 0.00000151. The standard InChI is InChI=1S/C16H13Br3FN3.C2H6/c1-3-11(21-10(2)17)16(20,12-6-4-8-14(18)22-12)13-7-5-9-15(19)23-13;1-2/h3-9H,1-2H3;1-2H3/b11-3-,21-10?;. The third-order valence-corrected chi connectivity index (χ3v) is 4.10. The van der Waals surface area contributed by atoms with Gasteiger partial charge in [0.1, 0.15) is 9.21 Å². The van der Waals surface area contributed by atoms with E-state index in [1.807, 2.05) is 13.8 Å². The van der Waals surface area contributed by atoms with Crippen molar-refractivity contribution in [2.45, 2.75) is 33.4 Å². The monoisotopic (exact) mass is 533 g/mol. The second-order valence-corrected chi connectivity index (χ2v) is 7.40. The van der Waals surface area contributed by atoms with Crippen molar-refractivity contribution in [1.29, 1.82) is 0 Å². The normalized spacial score (nSPS) is 12.5. The summed E-state index contributed by atoms with van der Waals surface area (Å²) >= 11 is 9.85. The Kier molecular flexibility index (Phi) is 9.10. The fraction of sp³-hybridized carbons (Fsp3) is 0.278. The van der Waals surface area contributed by atoms with Crippen molar-refractivity contribution in [2.75, 3.05) is 0 Å². The van der Waals surface area contributed by atoms with Gasteiger partial charge in [-0.2, -0.15) is 0 Å². The predicted molar refractivity (Wildman–Crippen MR) is 113 cm³/mol. The fourth-order valence-electron chi connectivity index (χ4n) is 2.10. The summed E-state index contributed by atoms with van der Waals surface area (Å²) in [5, 5.41) is 0. The average Bonchev–Trinajstić information content (AvgIpc) is 2.60. The van der Waals surface area contributed by atoms with E-state index in [0.29, 0.717) is 13.8 Å². The quantitative estimate of drug-likeness (QED) is 0.313. The van der Waals surface area contributed by atoms with E-state index in [0.717, 1.165) is 0 Å². The molecule has 134 valence electrons. The molecule has 0 aliphatic carbocycles. The second-order valence-electron chi connectivity index (χ2n) is 4.63. The molecule has 0 radical (unpaired) electrons. The van der Waals surface area contributed by atoms with Crippen LogP contribution in [0.2, 0.25) is 0 Å². The number of halogens is 4. The number of nitrogens with zero attached hydrogens (tertiary/aromatic N) is 3. The van der Waals surface area contributed by atoms with Crippen molar-refractivity contribution < 1.29 is 4.39 Å². The van der Waals surface area contributed by atoms with Gasteiger partial charge in [-0.05, 0) is 85.9 Å². The summed E-state index contributed by atoms with van der Waals surface area (Å²) in [6.45, 7) is 7.48. The molecule has 25 heavy (non-hydrogen) atoms. The number of alkyl halides is 1. The largest absolute Gasteiger partial charge is 0.247 e. The molecule has 0 N–H and O–H groups in total. The molecular weight excluding hydrogens is 517 g/mol. The third kappa shape index (κ3) is 5.53. The number of aliphatic imine (C=N–C) groups is 1. The molecule has 0 amide bonds. The van der Waals surface area contributed by atoms with Gasteiger partial charge in [0, 0.05) is 0 Å². The van der Waals surface area contributed by atoms with E-state index in [4.69, 9.17) is 0 Å². The lowest BCUT2D eigenvalue weighted by Crippen LogP contribution is -2.27. The highest BCUT2D eigenvalue weighted by atomic mass is 79.9. The van der Waals surface area contributed by atoms with Gasteiger partial charge in [0.2, 0.25) is 5.67 Å². The highest BCUT2D eigenvalue weighted by Crippen LogP contribution is 2.40. The number of allylic oxidation sites excluding steroid dienone is 2. The van der Waals surface area contributed by atoms with Crippen LogP contribution in [0, 0.1) is 0 Å². The van der Waals surface area contributed by atoms with Crippen molar-refractivity contribution in [3.63, 3.8) is 0 Å². The highest BCUT2D eigenvalue weighted by Gasteiger charge is 2.42. The smallest absolute Gasteiger partial charge is 0.235 e. The van der Waals surface area contributed by atoms with Gasteiger partial charge < -0.3 is 0 Å². The molecule has 0 aromatic carbocycles. The molecule has 0 aliphatic heterocycles. The molecule has 0 unspecified atom stereocenters. The van der Waals surface area contributed by atoms with Crippen LogP contribution < -0.4 is 0 Å². The molecule has 0 bridgehead atoms. The lowest BCUT2D eigenvalue weighted by Gasteiger charge is -2.25. The van der Waals surface area contributed by atoms with E-state index < -0.39 is 5.67 Å². The van der Waals surface area contributed by atoms with Gasteiger partial charge in [0.05, 0.1) is 21.7 Å². The summed E-state index contributed by atoms with van der Waals surface area (Å²) in [6, 6.07) is 10.2. The summed E-state index contributed by atoms with van der Waals surface area (Å²) in [5.41, 5.74) is -1.44. The summed E-state index contributed by atoms with van der Waals surface area (Å²) in [6.07, 6.45) is 1.62. The second kappa shape index (κ2) is 10.3. The molecule has 7 heteroatoms. The van der Waals surface area contributed by atoms with Crippen molar-refractivity contribution in [1.82, 2.24) is 9.97 Å². The Morgan fingerprint density at radius 2 is 1.48 bits per heavy atom. The van der Waals surface area contributed by atoms with Crippen molar-refractivity contribution in [3.8, 4) is 0 Å². The molecule has 0 spiro atoms. The van der Waals surface area contributed by atoms with Crippen LogP contribution in [0.15, 0.2) is 62.4 Å². The van der Waals surface area contributed by atoms with Gasteiger partial charge in [-0.25, -0.2) is 19.4 Å². The van der Waals surface area contributed by atoms with E-state index >= 15 is 4.39 Å². The van der Waals surface area contributed by atoms with Gasteiger partial charge in [-0.1, -0.05) is 32.1 Å². The van der Waals surface area contributed by atoms with Crippen LogP contribution in [-0.4, -0.2) is 14.6 Å². The average molecular weight is 536 g/mol. The fourth-order valence-corrected chi connectivity index (χ4v) is 2.98. The van der Waals surface area contributed by atoms with E-state index in [9.17, 15) is 0 Å². The molecule has 2 rings (SSSR count). The number of pyridine rings is 2. The van der Waals surface area contributed by atoms with Crippen LogP contribution in [0.4, 0.5) is 4.39 Å². The molecule has 0 atom stereocenters. The molecule has 0 saturated carbocycles. The Bertz CT molecular complexity index is 726. The SMILES string of the molecule is C/C=C(\N=C(C)Br)C(F)(c1cccc(Br)n1)c1cccc(Br)n1.CC. The lowest BCUT2D eigenvalue weighted by molar-refractivity contribution is 0.256. The number of hydrogen-bond donors (Lipinski definition) is 0. The number of hydrogen-bond acceptors (Lipinski definition) is 3. The molecular formula is C18H19Br3FN3. The maximum Gasteiger partial charge on any atom is 0.235 e. The molecule has 0 saturated heterocycles. The minimum absolute atomic E-state index is 0.211. The van der Waals surface area contributed by atoms with E-state index in [2.05, 4.69) is 62.8 Å². The Morgan fingerprint density at radius 3 is 1.80 bits per heavy atom. The maximum atomic E-state index is 16.3. The first-order valence-corrected chi connectivity index (χ1v) is 10.1. The van der Waals surface area contributed by atoms with Gasteiger partial charge in [-0.3, -0.25) is 0 Å². The number of aromatic nitrogens is 2. The van der Waals surface area contributed by atoms with Gasteiger partial charge in [-0.15, -0.1) is 0 Å². The zero-order chi connectivity index (χ0) is 19.0. The molecule has 0 fully saturated rings. The van der Waals surface area contributed by atoms with Crippen molar-refractivity contribution >= 4 is 52.4 Å². The topological polar surface area (TPSA) is 38.1 Å². The van der Waals surface area contributed by atoms with Gasteiger partial charge in [0.25, 0.3) is 0 Å². The molecule has 2 heterocycles. The summed E-state index contributed by atoms with van der Waals surface area (Å²) < 4.78 is 17.9. The minimum atomic E-state index is -2.07. The predicted octanol–water partition coefficient (Wildman–Crippen LogP) is 6.96. The zero-order valence-electron chi connectivity index (χ0n) is 14.4. The first-order valence-electron chi connectivity index (χ1n) is 7.70. The van der Waals surface area contributed by atoms with E-state index in [-0.39, 0.29) is 17.1 Å². The zero-order valence-corrected chi connectivity index (χ0v) is 19.2. The Labute approximate surface area is 173 Å². The summed E-state index contributed by atoms with van der Waals surface area (Å²) in [7, 11) is 0. The van der Waals surface area contributed by atoms with Crippen LogP contribution in [0.25, 0.3) is 0 Å². The number of rotatable bonds is 4. The Morgan fingerprint density at radius 1 is 1.04 bits per heavy atom. The van der Waals surface area contributed by atoms with Crippen LogP contribution in [0.1, 0.15) is 39.1 Å². The van der Waals surface area contributed by atoms with Crippen LogP contribution in [0.3, 0.4) is 0 Å². The van der Waals surface area contributed by atoms with E-state index in [1.54, 1.807) is 56.3 Å². The first kappa shape index (κ1) is 22.1. The summed E-state index contributed by atoms with van der Waals surface area (Å²) in [4.78, 5) is 12.9. The van der Waals surface area contributed by atoms with Crippen LogP contribution >= 0.6 is 47.8 Å². The first-order chi connectivity index (χ1) is 11.9. The van der Waals surface area contributed by atoms with Crippen LogP contribution in [0.5, 0.6) is 0 Å². The molecule has 2 aromatic rings. The van der Waals surface area contributed by atoms with Gasteiger partial charge in [0.15, 0.2) is 0 Å². The molecule has 2 aromatic heterocycles. The molecule has 0 aliphatic rings. The lowest BCUT2D eigenvalue weighted by atomic mass is 9.92. The third-order valence-electron chi connectivity index (χ3n) is 3.04. The van der Waals surface area contributed by atoms with Crippen LogP contribution in [-0.2, 0) is 5.67 Å². The van der Waals surface area contributed by atoms with Crippen molar-refractivity contribution in [3.05, 3.63) is 68.8 Å². The highest BCUT2D eigenvalue weighted by molar-refractivity contribution is 9.18. The van der Waals surface area contributed by atoms with Crippen molar-refractivity contribution in [2.24, 2.45) is 4.99 Å².